The summed E-state index contributed by atoms with van der Waals surface area (Å²) in [7, 11) is 1.95. The first-order valence-corrected chi connectivity index (χ1v) is 7.44. The molecule has 3 aromatic rings. The van der Waals surface area contributed by atoms with E-state index in [1.54, 1.807) is 16.9 Å². The van der Waals surface area contributed by atoms with Crippen LogP contribution < -0.4 is 0 Å². The minimum absolute atomic E-state index is 0.0137. The topological polar surface area (TPSA) is 55.4 Å². The Labute approximate surface area is 128 Å². The third-order valence-electron chi connectivity index (χ3n) is 4.12. The summed E-state index contributed by atoms with van der Waals surface area (Å²) in [6.07, 6.45) is 7.50. The number of fused-ring (bicyclic) bond motifs is 1. The summed E-state index contributed by atoms with van der Waals surface area (Å²) >= 11 is 0. The molecule has 0 aromatic carbocycles. The van der Waals surface area contributed by atoms with Crippen molar-refractivity contribution >= 4 is 11.4 Å². The van der Waals surface area contributed by atoms with Crippen LogP contribution >= 0.6 is 0 Å². The van der Waals surface area contributed by atoms with E-state index in [1.165, 1.54) is 0 Å². The van der Waals surface area contributed by atoms with Gasteiger partial charge in [0, 0.05) is 25.5 Å². The largest absolute Gasteiger partial charge is 0.337 e. The molecule has 6 heteroatoms. The number of pyridine rings is 1. The third-order valence-corrected chi connectivity index (χ3v) is 4.12. The lowest BCUT2D eigenvalue weighted by Gasteiger charge is -2.22. The molecule has 0 saturated heterocycles. The molecule has 0 radical (unpaired) electrons. The van der Waals surface area contributed by atoms with Crippen LogP contribution in [0, 0.1) is 0 Å². The van der Waals surface area contributed by atoms with Crippen LogP contribution in [0.25, 0.3) is 5.52 Å². The van der Waals surface area contributed by atoms with E-state index in [1.807, 2.05) is 47.0 Å². The van der Waals surface area contributed by atoms with Gasteiger partial charge in [0.2, 0.25) is 0 Å². The average Bonchev–Trinajstić information content (AvgIpc) is 3.10. The van der Waals surface area contributed by atoms with Gasteiger partial charge in [-0.2, -0.15) is 5.10 Å². The predicted octanol–water partition coefficient (Wildman–Crippen LogP) is 1.87. The maximum absolute atomic E-state index is 13.0. The molecule has 0 unspecified atom stereocenters. The Bertz CT molecular complexity index is 830. The monoisotopic (exact) mass is 295 g/mol. The van der Waals surface area contributed by atoms with Gasteiger partial charge in [-0.1, -0.05) is 6.07 Å². The fourth-order valence-electron chi connectivity index (χ4n) is 2.71. The molecule has 3 heterocycles. The smallest absolute Gasteiger partial charge is 0.273 e. The average molecular weight is 295 g/mol. The molecule has 1 saturated carbocycles. The molecular formula is C16H17N5O. The molecule has 22 heavy (non-hydrogen) atoms. The van der Waals surface area contributed by atoms with E-state index in [9.17, 15) is 4.79 Å². The fourth-order valence-corrected chi connectivity index (χ4v) is 2.71. The van der Waals surface area contributed by atoms with Crippen molar-refractivity contribution in [1.29, 1.82) is 0 Å². The first kappa shape index (κ1) is 13.1. The lowest BCUT2D eigenvalue weighted by Crippen LogP contribution is -2.34. The second-order valence-electron chi connectivity index (χ2n) is 5.70. The summed E-state index contributed by atoms with van der Waals surface area (Å²) in [5, 5.41) is 4.26. The first-order chi connectivity index (χ1) is 10.7. The molecule has 1 fully saturated rings. The van der Waals surface area contributed by atoms with Crippen LogP contribution in [0.1, 0.15) is 29.2 Å². The van der Waals surface area contributed by atoms with Crippen LogP contribution in [0.15, 0.2) is 42.9 Å². The molecule has 4 rings (SSSR count). The number of aromatic nitrogens is 4. The highest BCUT2D eigenvalue weighted by molar-refractivity contribution is 5.93. The summed E-state index contributed by atoms with van der Waals surface area (Å²) in [6.45, 7) is 0.532. The van der Waals surface area contributed by atoms with Gasteiger partial charge >= 0.3 is 0 Å². The van der Waals surface area contributed by atoms with Crippen molar-refractivity contribution < 1.29 is 4.79 Å². The second kappa shape index (κ2) is 4.98. The number of nitrogens with zero attached hydrogens (tertiary/aromatic N) is 5. The lowest BCUT2D eigenvalue weighted by atomic mass is 10.2. The van der Waals surface area contributed by atoms with Crippen LogP contribution in [0.4, 0.5) is 0 Å². The quantitative estimate of drug-likeness (QED) is 0.738. The van der Waals surface area contributed by atoms with Crippen LogP contribution in [-0.2, 0) is 13.6 Å². The first-order valence-electron chi connectivity index (χ1n) is 7.44. The number of amides is 1. The summed E-state index contributed by atoms with van der Waals surface area (Å²) in [5.74, 6) is 0.910. The third kappa shape index (κ3) is 2.16. The zero-order valence-electron chi connectivity index (χ0n) is 12.4. The molecule has 0 bridgehead atoms. The minimum Gasteiger partial charge on any atom is -0.337 e. The van der Waals surface area contributed by atoms with Crippen molar-refractivity contribution in [3.05, 3.63) is 54.4 Å². The Kier molecular flexibility index (Phi) is 2.96. The van der Waals surface area contributed by atoms with Gasteiger partial charge in [0.1, 0.15) is 11.5 Å². The highest BCUT2D eigenvalue weighted by Crippen LogP contribution is 2.29. The number of rotatable bonds is 4. The van der Waals surface area contributed by atoms with Crippen molar-refractivity contribution in [1.82, 2.24) is 24.1 Å². The number of carbonyl (C=O) groups is 1. The van der Waals surface area contributed by atoms with Crippen molar-refractivity contribution in [3.8, 4) is 0 Å². The molecule has 0 spiro atoms. The Morgan fingerprint density at radius 1 is 1.32 bits per heavy atom. The van der Waals surface area contributed by atoms with Crippen molar-refractivity contribution in [2.24, 2.45) is 7.05 Å². The second-order valence-corrected chi connectivity index (χ2v) is 5.70. The lowest BCUT2D eigenvalue weighted by molar-refractivity contribution is 0.0715. The highest BCUT2D eigenvalue weighted by atomic mass is 16.2. The molecule has 3 aromatic heterocycles. The van der Waals surface area contributed by atoms with E-state index in [0.29, 0.717) is 18.3 Å². The van der Waals surface area contributed by atoms with E-state index in [4.69, 9.17) is 0 Å². The van der Waals surface area contributed by atoms with Crippen LogP contribution in [0.2, 0.25) is 0 Å². The van der Waals surface area contributed by atoms with Gasteiger partial charge in [0.25, 0.3) is 5.91 Å². The summed E-state index contributed by atoms with van der Waals surface area (Å²) < 4.78 is 3.66. The molecule has 0 atom stereocenters. The van der Waals surface area contributed by atoms with Crippen molar-refractivity contribution in [2.45, 2.75) is 25.4 Å². The number of imidazole rings is 1. The summed E-state index contributed by atoms with van der Waals surface area (Å²) in [5.41, 5.74) is 1.53. The summed E-state index contributed by atoms with van der Waals surface area (Å²) in [6, 6.07) is 7.89. The Morgan fingerprint density at radius 2 is 2.18 bits per heavy atom. The standard InChI is InChI=1S/C16H17N5O/c1-19-10-9-17-15(19)11-20(12-5-6-12)16(22)14-4-2-3-13-7-8-18-21(13)14/h2-4,7-10,12H,5-6,11H2,1H3. The van der Waals surface area contributed by atoms with Crippen LogP contribution in [-0.4, -0.2) is 36.0 Å². The van der Waals surface area contributed by atoms with Gasteiger partial charge in [0.15, 0.2) is 0 Å². The fraction of sp³-hybridized carbons (Fsp3) is 0.312. The SMILES string of the molecule is Cn1ccnc1CN(C(=O)c1cccc2ccnn12)C1CC1. The normalized spacial score (nSPS) is 14.4. The van der Waals surface area contributed by atoms with Gasteiger partial charge in [-0.15, -0.1) is 0 Å². The number of aryl methyl sites for hydroxylation is 1. The molecular weight excluding hydrogens is 278 g/mol. The predicted molar refractivity (Wildman–Crippen MR) is 81.3 cm³/mol. The Balaban J connectivity index is 1.69. The van der Waals surface area contributed by atoms with E-state index in [-0.39, 0.29) is 5.91 Å². The molecule has 0 N–H and O–H groups in total. The Morgan fingerprint density at radius 3 is 2.91 bits per heavy atom. The van der Waals surface area contributed by atoms with Gasteiger partial charge in [0.05, 0.1) is 18.3 Å². The van der Waals surface area contributed by atoms with Crippen LogP contribution in [0.3, 0.4) is 0 Å². The van der Waals surface area contributed by atoms with E-state index >= 15 is 0 Å². The molecule has 1 aliphatic carbocycles. The molecule has 1 amide bonds. The molecule has 112 valence electrons. The zero-order chi connectivity index (χ0) is 15.1. The zero-order valence-corrected chi connectivity index (χ0v) is 12.4. The maximum atomic E-state index is 13.0. The minimum atomic E-state index is 0.0137. The molecule has 1 aliphatic rings. The van der Waals surface area contributed by atoms with Gasteiger partial charge in [-0.3, -0.25) is 4.79 Å². The molecule has 6 nitrogen and oxygen atoms in total. The number of carbonyl (C=O) groups excluding carboxylic acids is 1. The van der Waals surface area contributed by atoms with Crippen molar-refractivity contribution in [2.75, 3.05) is 0 Å². The van der Waals surface area contributed by atoms with Gasteiger partial charge < -0.3 is 9.47 Å². The maximum Gasteiger partial charge on any atom is 0.273 e. The van der Waals surface area contributed by atoms with Crippen LogP contribution in [0.5, 0.6) is 0 Å². The number of hydrogen-bond acceptors (Lipinski definition) is 3. The van der Waals surface area contributed by atoms with E-state index in [0.717, 1.165) is 24.2 Å². The van der Waals surface area contributed by atoms with Gasteiger partial charge in [-0.25, -0.2) is 9.50 Å². The van der Waals surface area contributed by atoms with Gasteiger partial charge in [-0.05, 0) is 31.0 Å². The van der Waals surface area contributed by atoms with E-state index < -0.39 is 0 Å². The number of hydrogen-bond donors (Lipinski definition) is 0. The Hall–Kier alpha value is -2.63. The van der Waals surface area contributed by atoms with E-state index in [2.05, 4.69) is 10.1 Å². The highest BCUT2D eigenvalue weighted by Gasteiger charge is 2.34. The van der Waals surface area contributed by atoms with Crippen molar-refractivity contribution in [3.63, 3.8) is 0 Å². The summed E-state index contributed by atoms with van der Waals surface area (Å²) in [4.78, 5) is 19.3. The molecule has 0 aliphatic heterocycles.